The molecule has 2 aromatic rings. The van der Waals surface area contributed by atoms with Gasteiger partial charge in [0.15, 0.2) is 0 Å². The molecule has 2 aromatic carbocycles. The molecule has 0 heterocycles. The number of ether oxygens (including phenoxy) is 1. The van der Waals surface area contributed by atoms with Crippen LogP contribution in [-0.4, -0.2) is 18.7 Å². The van der Waals surface area contributed by atoms with Gasteiger partial charge in [-0.15, -0.1) is 0 Å². The number of carbonyl (C=O) groups is 1. The van der Waals surface area contributed by atoms with Crippen molar-refractivity contribution in [3.05, 3.63) is 64.1 Å². The fourth-order valence-electron chi connectivity index (χ4n) is 1.71. The number of nitrogens with zero attached hydrogens (tertiary/aromatic N) is 1. The Hall–Kier alpha value is -2.14. The summed E-state index contributed by atoms with van der Waals surface area (Å²) in [4.78, 5) is 11.9. The van der Waals surface area contributed by atoms with Gasteiger partial charge in [-0.2, -0.15) is 5.10 Å². The number of hydrogen-bond donors (Lipinski definition) is 1. The van der Waals surface area contributed by atoms with Gasteiger partial charge in [-0.3, -0.25) is 4.79 Å². The molecule has 0 radical (unpaired) electrons. The molecular weight excluding hydrogens is 332 g/mol. The molecule has 0 aliphatic carbocycles. The maximum Gasteiger partial charge on any atom is 0.271 e. The van der Waals surface area contributed by atoms with Crippen molar-refractivity contribution in [3.8, 4) is 5.75 Å². The largest absolute Gasteiger partial charge is 0.494 e. The van der Waals surface area contributed by atoms with Gasteiger partial charge in [-0.25, -0.2) is 5.43 Å². The van der Waals surface area contributed by atoms with Crippen molar-refractivity contribution in [1.82, 2.24) is 5.43 Å². The number of carbonyl (C=O) groups excluding carboxylic acids is 1. The van der Waals surface area contributed by atoms with E-state index in [4.69, 9.17) is 4.74 Å². The van der Waals surface area contributed by atoms with Crippen LogP contribution in [0.15, 0.2) is 58.1 Å². The second kappa shape index (κ2) is 7.59. The Morgan fingerprint density at radius 3 is 2.86 bits per heavy atom. The molecule has 0 fully saturated rings. The molecule has 0 spiro atoms. The monoisotopic (exact) mass is 346 g/mol. The van der Waals surface area contributed by atoms with Crippen molar-refractivity contribution in [2.45, 2.75) is 6.92 Å². The van der Waals surface area contributed by atoms with Crippen LogP contribution < -0.4 is 10.2 Å². The van der Waals surface area contributed by atoms with E-state index in [9.17, 15) is 4.79 Å². The zero-order chi connectivity index (χ0) is 15.1. The summed E-state index contributed by atoms with van der Waals surface area (Å²) in [5.41, 5.74) is 3.90. The molecule has 0 aliphatic rings. The molecule has 0 saturated carbocycles. The molecule has 2 rings (SSSR count). The third-order valence-corrected chi connectivity index (χ3v) is 3.13. The van der Waals surface area contributed by atoms with Gasteiger partial charge in [0.05, 0.1) is 12.8 Å². The molecule has 0 saturated heterocycles. The molecule has 1 amide bonds. The van der Waals surface area contributed by atoms with Crippen molar-refractivity contribution >= 4 is 28.1 Å². The van der Waals surface area contributed by atoms with Crippen molar-refractivity contribution < 1.29 is 9.53 Å². The molecular formula is C16H15BrN2O2. The fraction of sp³-hybridized carbons (Fsp3) is 0.125. The summed E-state index contributed by atoms with van der Waals surface area (Å²) in [5.74, 6) is 0.522. The first-order valence-electron chi connectivity index (χ1n) is 6.51. The van der Waals surface area contributed by atoms with Gasteiger partial charge in [0.25, 0.3) is 5.91 Å². The lowest BCUT2D eigenvalue weighted by molar-refractivity contribution is 0.0955. The average Bonchev–Trinajstić information content (AvgIpc) is 2.48. The first kappa shape index (κ1) is 15.3. The summed E-state index contributed by atoms with van der Waals surface area (Å²) in [6.07, 6.45) is 1.58. The van der Waals surface area contributed by atoms with E-state index in [1.807, 2.05) is 37.3 Å². The van der Waals surface area contributed by atoms with E-state index in [1.165, 1.54) is 0 Å². The number of amides is 1. The van der Waals surface area contributed by atoms with Gasteiger partial charge in [-0.05, 0) is 42.8 Å². The topological polar surface area (TPSA) is 50.7 Å². The molecule has 0 bridgehead atoms. The Balaban J connectivity index is 1.99. The predicted molar refractivity (Wildman–Crippen MR) is 86.8 cm³/mol. The lowest BCUT2D eigenvalue weighted by atomic mass is 10.2. The highest BCUT2D eigenvalue weighted by atomic mass is 79.9. The molecule has 5 heteroatoms. The highest BCUT2D eigenvalue weighted by Gasteiger charge is 2.03. The number of rotatable bonds is 5. The highest BCUT2D eigenvalue weighted by molar-refractivity contribution is 9.10. The van der Waals surface area contributed by atoms with E-state index in [2.05, 4.69) is 26.5 Å². The molecule has 4 nitrogen and oxygen atoms in total. The summed E-state index contributed by atoms with van der Waals surface area (Å²) in [6.45, 7) is 2.54. The summed E-state index contributed by atoms with van der Waals surface area (Å²) < 4.78 is 6.25. The van der Waals surface area contributed by atoms with Gasteiger partial charge in [0.1, 0.15) is 5.75 Å². The summed E-state index contributed by atoms with van der Waals surface area (Å²) in [5, 5.41) is 3.95. The second-order valence-corrected chi connectivity index (χ2v) is 5.13. The van der Waals surface area contributed by atoms with Crippen molar-refractivity contribution in [1.29, 1.82) is 0 Å². The van der Waals surface area contributed by atoms with Crippen LogP contribution >= 0.6 is 15.9 Å². The van der Waals surface area contributed by atoms with Gasteiger partial charge >= 0.3 is 0 Å². The minimum absolute atomic E-state index is 0.256. The SMILES string of the molecule is CCOc1cccc(/C=N/NC(=O)c2cccc(Br)c2)c1. The Labute approximate surface area is 132 Å². The molecule has 0 unspecified atom stereocenters. The maximum absolute atomic E-state index is 11.9. The van der Waals surface area contributed by atoms with Crippen LogP contribution in [0.5, 0.6) is 5.75 Å². The van der Waals surface area contributed by atoms with E-state index in [-0.39, 0.29) is 5.91 Å². The van der Waals surface area contributed by atoms with E-state index < -0.39 is 0 Å². The Morgan fingerprint density at radius 1 is 1.29 bits per heavy atom. The first-order chi connectivity index (χ1) is 10.2. The molecule has 108 valence electrons. The van der Waals surface area contributed by atoms with Crippen LogP contribution in [0.1, 0.15) is 22.8 Å². The van der Waals surface area contributed by atoms with E-state index >= 15 is 0 Å². The maximum atomic E-state index is 11.9. The molecule has 0 aliphatic heterocycles. The lowest BCUT2D eigenvalue weighted by Crippen LogP contribution is -2.17. The Bertz CT molecular complexity index is 656. The first-order valence-corrected chi connectivity index (χ1v) is 7.30. The number of benzene rings is 2. The molecule has 1 N–H and O–H groups in total. The van der Waals surface area contributed by atoms with Crippen molar-refractivity contribution in [2.24, 2.45) is 5.10 Å². The summed E-state index contributed by atoms with van der Waals surface area (Å²) in [7, 11) is 0. The highest BCUT2D eigenvalue weighted by Crippen LogP contribution is 2.12. The molecule has 0 aromatic heterocycles. The molecule has 21 heavy (non-hydrogen) atoms. The Kier molecular flexibility index (Phi) is 5.51. The van der Waals surface area contributed by atoms with Crippen LogP contribution in [0.25, 0.3) is 0 Å². The number of hydrazone groups is 1. The normalized spacial score (nSPS) is 10.6. The van der Waals surface area contributed by atoms with Crippen molar-refractivity contribution in [3.63, 3.8) is 0 Å². The summed E-state index contributed by atoms with van der Waals surface area (Å²) >= 11 is 3.33. The average molecular weight is 347 g/mol. The predicted octanol–water partition coefficient (Wildman–Crippen LogP) is 3.61. The van der Waals surface area contributed by atoms with Gasteiger partial charge < -0.3 is 4.74 Å². The lowest BCUT2D eigenvalue weighted by Gasteiger charge is -2.03. The number of halogens is 1. The Morgan fingerprint density at radius 2 is 2.10 bits per heavy atom. The van der Waals surface area contributed by atoms with Gasteiger partial charge in [0.2, 0.25) is 0 Å². The number of hydrogen-bond acceptors (Lipinski definition) is 3. The minimum Gasteiger partial charge on any atom is -0.494 e. The fourth-order valence-corrected chi connectivity index (χ4v) is 2.11. The second-order valence-electron chi connectivity index (χ2n) is 4.21. The van der Waals surface area contributed by atoms with Crippen LogP contribution in [-0.2, 0) is 0 Å². The smallest absolute Gasteiger partial charge is 0.271 e. The zero-order valence-electron chi connectivity index (χ0n) is 11.5. The number of nitrogens with one attached hydrogen (secondary N) is 1. The minimum atomic E-state index is -0.256. The van der Waals surface area contributed by atoms with Crippen LogP contribution in [0.3, 0.4) is 0 Å². The zero-order valence-corrected chi connectivity index (χ0v) is 13.1. The third-order valence-electron chi connectivity index (χ3n) is 2.64. The summed E-state index contributed by atoms with van der Waals surface area (Å²) in [6, 6.07) is 14.6. The van der Waals surface area contributed by atoms with Gasteiger partial charge in [-0.1, -0.05) is 34.1 Å². The quantitative estimate of drug-likeness (QED) is 0.664. The van der Waals surface area contributed by atoms with E-state index in [0.717, 1.165) is 15.8 Å². The van der Waals surface area contributed by atoms with Crippen LogP contribution in [0.4, 0.5) is 0 Å². The third kappa shape index (κ3) is 4.72. The van der Waals surface area contributed by atoms with E-state index in [0.29, 0.717) is 12.2 Å². The van der Waals surface area contributed by atoms with E-state index in [1.54, 1.807) is 24.4 Å². The molecule has 0 atom stereocenters. The van der Waals surface area contributed by atoms with Crippen molar-refractivity contribution in [2.75, 3.05) is 6.61 Å². The van der Waals surface area contributed by atoms with Crippen LogP contribution in [0.2, 0.25) is 0 Å². The van der Waals surface area contributed by atoms with Gasteiger partial charge in [0, 0.05) is 10.0 Å². The standard InChI is InChI=1S/C16H15BrN2O2/c1-2-21-15-8-3-5-12(9-15)11-18-19-16(20)13-6-4-7-14(17)10-13/h3-11H,2H2,1H3,(H,19,20)/b18-11+. The van der Waals surface area contributed by atoms with Crippen LogP contribution in [0, 0.1) is 0 Å².